The molecule has 1 saturated heterocycles. The van der Waals surface area contributed by atoms with Crippen LogP contribution in [0.25, 0.3) is 0 Å². The second kappa shape index (κ2) is 8.54. The molecule has 1 atom stereocenters. The lowest BCUT2D eigenvalue weighted by Gasteiger charge is -2.34. The summed E-state index contributed by atoms with van der Waals surface area (Å²) in [6.45, 7) is 2.88. The molecule has 2 aromatic heterocycles. The fourth-order valence-corrected chi connectivity index (χ4v) is 3.77. The molecule has 7 heteroatoms. The van der Waals surface area contributed by atoms with Crippen molar-refractivity contribution in [1.82, 2.24) is 20.1 Å². The number of carbonyl (C=O) groups excluding carboxylic acids is 1. The van der Waals surface area contributed by atoms with Crippen LogP contribution in [-0.2, 0) is 17.9 Å². The quantitative estimate of drug-likeness (QED) is 0.793. The molecule has 28 heavy (non-hydrogen) atoms. The number of rotatable bonds is 7. The number of nitrogens with zero attached hydrogens (tertiary/aromatic N) is 4. The molecule has 1 saturated carbocycles. The highest BCUT2D eigenvalue weighted by Gasteiger charge is 2.25. The minimum absolute atomic E-state index is 0.0281. The number of amides is 1. The normalized spacial score (nSPS) is 19.4. The summed E-state index contributed by atoms with van der Waals surface area (Å²) in [6, 6.07) is 7.38. The molecule has 4 rings (SSSR count). The molecular formula is C21H27N5O2. The Labute approximate surface area is 164 Å². The van der Waals surface area contributed by atoms with Crippen molar-refractivity contribution in [2.45, 2.75) is 45.2 Å². The zero-order valence-corrected chi connectivity index (χ0v) is 16.1. The predicted octanol–water partition coefficient (Wildman–Crippen LogP) is 1.97. The van der Waals surface area contributed by atoms with Gasteiger partial charge in [0.05, 0.1) is 24.1 Å². The summed E-state index contributed by atoms with van der Waals surface area (Å²) in [5.41, 5.74) is 1.70. The van der Waals surface area contributed by atoms with E-state index in [0.29, 0.717) is 18.9 Å². The Morgan fingerprint density at radius 2 is 2.11 bits per heavy atom. The Balaban J connectivity index is 1.30. The molecule has 0 spiro atoms. The van der Waals surface area contributed by atoms with Crippen molar-refractivity contribution in [3.63, 3.8) is 0 Å². The first-order valence-electron chi connectivity index (χ1n) is 10.2. The van der Waals surface area contributed by atoms with Gasteiger partial charge in [-0.1, -0.05) is 6.07 Å². The highest BCUT2D eigenvalue weighted by Crippen LogP contribution is 2.30. The summed E-state index contributed by atoms with van der Waals surface area (Å²) in [7, 11) is 0. The van der Waals surface area contributed by atoms with Crippen molar-refractivity contribution in [3.8, 4) is 0 Å². The van der Waals surface area contributed by atoms with E-state index in [4.69, 9.17) is 0 Å². The van der Waals surface area contributed by atoms with Gasteiger partial charge in [-0.2, -0.15) is 5.10 Å². The second-order valence-electron chi connectivity index (χ2n) is 7.93. The van der Waals surface area contributed by atoms with Crippen LogP contribution in [0.1, 0.15) is 37.8 Å². The number of nitrogens with one attached hydrogen (secondary N) is 1. The lowest BCUT2D eigenvalue weighted by Crippen LogP contribution is -2.39. The largest absolute Gasteiger partial charge is 0.370 e. The maximum atomic E-state index is 12.3. The Morgan fingerprint density at radius 3 is 2.86 bits per heavy atom. The summed E-state index contributed by atoms with van der Waals surface area (Å²) < 4.78 is 1.58. The van der Waals surface area contributed by atoms with Crippen LogP contribution >= 0.6 is 0 Å². The van der Waals surface area contributed by atoms with Crippen molar-refractivity contribution < 1.29 is 4.79 Å². The lowest BCUT2D eigenvalue weighted by molar-refractivity contribution is -0.122. The zero-order chi connectivity index (χ0) is 19.3. The van der Waals surface area contributed by atoms with Gasteiger partial charge in [-0.05, 0) is 49.7 Å². The summed E-state index contributed by atoms with van der Waals surface area (Å²) in [6.07, 6.45) is 8.47. The molecule has 0 bridgehead atoms. The SMILES string of the molecule is O=C(CC1CCCN(c2cnn(CC3CC3)c(=O)c2)C1)NCc1ccccn1. The number of hydrogen-bond donors (Lipinski definition) is 1. The molecule has 2 aliphatic rings. The van der Waals surface area contributed by atoms with Gasteiger partial charge in [0.1, 0.15) is 0 Å². The highest BCUT2D eigenvalue weighted by atomic mass is 16.1. The van der Waals surface area contributed by atoms with Crippen LogP contribution in [0.5, 0.6) is 0 Å². The van der Waals surface area contributed by atoms with Gasteiger partial charge < -0.3 is 10.2 Å². The molecule has 1 unspecified atom stereocenters. The van der Waals surface area contributed by atoms with Crippen LogP contribution in [0.4, 0.5) is 5.69 Å². The molecule has 2 fully saturated rings. The second-order valence-corrected chi connectivity index (χ2v) is 7.93. The molecule has 3 heterocycles. The number of anilines is 1. The van der Waals surface area contributed by atoms with E-state index in [0.717, 1.165) is 43.9 Å². The van der Waals surface area contributed by atoms with E-state index in [-0.39, 0.29) is 17.4 Å². The molecule has 1 N–H and O–H groups in total. The predicted molar refractivity (Wildman–Crippen MR) is 107 cm³/mol. The Hall–Kier alpha value is -2.70. The molecule has 2 aromatic rings. The molecule has 1 amide bonds. The lowest BCUT2D eigenvalue weighted by atomic mass is 9.94. The molecule has 7 nitrogen and oxygen atoms in total. The average Bonchev–Trinajstić information content (AvgIpc) is 3.53. The van der Waals surface area contributed by atoms with E-state index in [1.54, 1.807) is 23.1 Å². The van der Waals surface area contributed by atoms with E-state index in [2.05, 4.69) is 20.3 Å². The average molecular weight is 381 g/mol. The smallest absolute Gasteiger partial charge is 0.268 e. The van der Waals surface area contributed by atoms with Gasteiger partial charge in [0, 0.05) is 38.3 Å². The van der Waals surface area contributed by atoms with Crippen LogP contribution in [-0.4, -0.2) is 33.8 Å². The number of hydrogen-bond acceptors (Lipinski definition) is 5. The van der Waals surface area contributed by atoms with Crippen LogP contribution in [0.2, 0.25) is 0 Å². The van der Waals surface area contributed by atoms with E-state index >= 15 is 0 Å². The summed E-state index contributed by atoms with van der Waals surface area (Å²) in [5, 5.41) is 7.31. The van der Waals surface area contributed by atoms with E-state index in [9.17, 15) is 9.59 Å². The third-order valence-electron chi connectivity index (χ3n) is 5.53. The van der Waals surface area contributed by atoms with Gasteiger partial charge in [0.25, 0.3) is 5.56 Å². The maximum Gasteiger partial charge on any atom is 0.268 e. The van der Waals surface area contributed by atoms with Crippen LogP contribution < -0.4 is 15.8 Å². The minimum atomic E-state index is -0.0281. The van der Waals surface area contributed by atoms with Crippen molar-refractivity contribution in [2.75, 3.05) is 18.0 Å². The molecule has 0 radical (unpaired) electrons. The van der Waals surface area contributed by atoms with Crippen molar-refractivity contribution in [1.29, 1.82) is 0 Å². The van der Waals surface area contributed by atoms with Crippen LogP contribution in [0, 0.1) is 11.8 Å². The zero-order valence-electron chi connectivity index (χ0n) is 16.1. The highest BCUT2D eigenvalue weighted by molar-refractivity contribution is 5.76. The minimum Gasteiger partial charge on any atom is -0.370 e. The van der Waals surface area contributed by atoms with Crippen molar-refractivity contribution in [3.05, 3.63) is 52.7 Å². The summed E-state index contributed by atoms with van der Waals surface area (Å²) in [5.74, 6) is 0.960. The first-order valence-corrected chi connectivity index (χ1v) is 10.2. The van der Waals surface area contributed by atoms with Gasteiger partial charge >= 0.3 is 0 Å². The first kappa shape index (κ1) is 18.7. The summed E-state index contributed by atoms with van der Waals surface area (Å²) in [4.78, 5) is 31.1. The third-order valence-corrected chi connectivity index (χ3v) is 5.53. The van der Waals surface area contributed by atoms with Gasteiger partial charge in [-0.25, -0.2) is 4.68 Å². The Morgan fingerprint density at radius 1 is 1.21 bits per heavy atom. The Kier molecular flexibility index (Phi) is 5.69. The standard InChI is InChI=1S/C21H27N5O2/c27-20(23-12-18-5-1-2-8-22-18)10-17-4-3-9-25(14-17)19-11-21(28)26(24-13-19)15-16-6-7-16/h1-2,5,8,11,13,16-17H,3-4,6-7,9-10,12,14-15H2,(H,23,27). The third kappa shape index (κ3) is 4.97. The van der Waals surface area contributed by atoms with Gasteiger partial charge in [0.15, 0.2) is 0 Å². The van der Waals surface area contributed by atoms with Crippen LogP contribution in [0.3, 0.4) is 0 Å². The molecule has 0 aromatic carbocycles. The maximum absolute atomic E-state index is 12.3. The molecule has 1 aliphatic heterocycles. The van der Waals surface area contributed by atoms with Gasteiger partial charge in [-0.15, -0.1) is 0 Å². The number of aromatic nitrogens is 3. The van der Waals surface area contributed by atoms with E-state index in [1.807, 2.05) is 18.2 Å². The van der Waals surface area contributed by atoms with Gasteiger partial charge in [-0.3, -0.25) is 14.6 Å². The van der Waals surface area contributed by atoms with Crippen LogP contribution in [0.15, 0.2) is 41.5 Å². The fraction of sp³-hybridized carbons (Fsp3) is 0.524. The number of pyridine rings is 1. The van der Waals surface area contributed by atoms with Gasteiger partial charge in [0.2, 0.25) is 5.91 Å². The van der Waals surface area contributed by atoms with Crippen molar-refractivity contribution >= 4 is 11.6 Å². The molecule has 148 valence electrons. The Bertz CT molecular complexity index is 863. The summed E-state index contributed by atoms with van der Waals surface area (Å²) >= 11 is 0. The number of piperidine rings is 1. The first-order chi connectivity index (χ1) is 13.7. The monoisotopic (exact) mass is 381 g/mol. The fourth-order valence-electron chi connectivity index (χ4n) is 3.77. The molecular weight excluding hydrogens is 354 g/mol. The molecule has 1 aliphatic carbocycles. The van der Waals surface area contributed by atoms with E-state index < -0.39 is 0 Å². The van der Waals surface area contributed by atoms with Crippen molar-refractivity contribution in [2.24, 2.45) is 11.8 Å². The number of carbonyl (C=O) groups is 1. The van der Waals surface area contributed by atoms with E-state index in [1.165, 1.54) is 12.8 Å². The topological polar surface area (TPSA) is 80.1 Å².